The summed E-state index contributed by atoms with van der Waals surface area (Å²) in [6.07, 6.45) is 1.97. The van der Waals surface area contributed by atoms with Crippen LogP contribution in [0.1, 0.15) is 24.8 Å². The van der Waals surface area contributed by atoms with Crippen LogP contribution in [0.4, 0.5) is 8.78 Å². The number of hydrogen-bond donors (Lipinski definition) is 1. The summed E-state index contributed by atoms with van der Waals surface area (Å²) in [6.45, 7) is 0.915. The lowest BCUT2D eigenvalue weighted by atomic mass is 9.74. The molecule has 8 heteroatoms. The Morgan fingerprint density at radius 3 is 2.48 bits per heavy atom. The van der Waals surface area contributed by atoms with Crippen molar-refractivity contribution >= 4 is 15.7 Å². The molecule has 0 radical (unpaired) electrons. The van der Waals surface area contributed by atoms with Crippen LogP contribution >= 0.6 is 0 Å². The van der Waals surface area contributed by atoms with Gasteiger partial charge in [0, 0.05) is 19.3 Å². The molecule has 0 saturated carbocycles. The minimum absolute atomic E-state index is 0.0169. The minimum atomic E-state index is -3.09. The second kappa shape index (κ2) is 8.67. The molecular weight excluding hydrogens is 424 g/mol. The molecule has 166 valence electrons. The summed E-state index contributed by atoms with van der Waals surface area (Å²) in [5.41, 5.74) is 1.50. The van der Waals surface area contributed by atoms with Gasteiger partial charge in [-0.25, -0.2) is 17.2 Å². The molecule has 0 aromatic heterocycles. The Morgan fingerprint density at radius 2 is 1.81 bits per heavy atom. The number of sulfone groups is 1. The van der Waals surface area contributed by atoms with E-state index < -0.39 is 26.9 Å². The van der Waals surface area contributed by atoms with Gasteiger partial charge in [0.1, 0.15) is 0 Å². The van der Waals surface area contributed by atoms with Gasteiger partial charge in [0.15, 0.2) is 21.5 Å². The number of benzene rings is 2. The molecule has 2 heterocycles. The second-order valence-electron chi connectivity index (χ2n) is 8.47. The van der Waals surface area contributed by atoms with Crippen molar-refractivity contribution in [1.82, 2.24) is 5.32 Å². The van der Waals surface area contributed by atoms with E-state index in [1.807, 2.05) is 24.3 Å². The van der Waals surface area contributed by atoms with Gasteiger partial charge in [0.2, 0.25) is 5.91 Å². The van der Waals surface area contributed by atoms with Crippen molar-refractivity contribution in [2.24, 2.45) is 5.41 Å². The Balaban J connectivity index is 1.56. The van der Waals surface area contributed by atoms with Gasteiger partial charge in [-0.3, -0.25) is 4.79 Å². The van der Waals surface area contributed by atoms with Crippen molar-refractivity contribution in [3.8, 4) is 11.1 Å². The van der Waals surface area contributed by atoms with Gasteiger partial charge < -0.3 is 10.1 Å². The number of carbonyl (C=O) groups is 1. The highest BCUT2D eigenvalue weighted by molar-refractivity contribution is 7.91. The van der Waals surface area contributed by atoms with Gasteiger partial charge >= 0.3 is 0 Å². The lowest BCUT2D eigenvalue weighted by Gasteiger charge is -2.36. The zero-order chi connectivity index (χ0) is 22.1. The molecule has 2 aromatic carbocycles. The molecule has 2 aliphatic rings. The van der Waals surface area contributed by atoms with Crippen molar-refractivity contribution in [2.45, 2.75) is 31.7 Å². The normalized spacial score (nSPS) is 22.2. The van der Waals surface area contributed by atoms with Crippen molar-refractivity contribution in [1.29, 1.82) is 0 Å². The maximum absolute atomic E-state index is 13.7. The molecule has 0 bridgehead atoms. The maximum atomic E-state index is 13.7. The highest BCUT2D eigenvalue weighted by Crippen LogP contribution is 2.36. The van der Waals surface area contributed by atoms with E-state index in [9.17, 15) is 22.0 Å². The molecule has 0 aliphatic carbocycles. The third-order valence-corrected chi connectivity index (χ3v) is 7.99. The molecule has 1 N–H and O–H groups in total. The summed E-state index contributed by atoms with van der Waals surface area (Å²) in [7, 11) is -3.09. The van der Waals surface area contributed by atoms with E-state index in [1.54, 1.807) is 0 Å². The summed E-state index contributed by atoms with van der Waals surface area (Å²) in [6, 6.07) is 10.9. The summed E-state index contributed by atoms with van der Waals surface area (Å²) >= 11 is 0. The molecule has 5 nitrogen and oxygen atoms in total. The quantitative estimate of drug-likeness (QED) is 0.761. The van der Waals surface area contributed by atoms with Crippen LogP contribution in [-0.4, -0.2) is 45.1 Å². The molecule has 4 rings (SSSR count). The Kier molecular flexibility index (Phi) is 6.12. The summed E-state index contributed by atoms with van der Waals surface area (Å²) in [5, 5.41) is 2.96. The minimum Gasteiger partial charge on any atom is -0.381 e. The predicted molar refractivity (Wildman–Crippen MR) is 113 cm³/mol. The monoisotopic (exact) mass is 449 g/mol. The molecule has 2 fully saturated rings. The number of halogens is 2. The van der Waals surface area contributed by atoms with Crippen molar-refractivity contribution < 1.29 is 26.7 Å². The zero-order valence-electron chi connectivity index (χ0n) is 17.1. The van der Waals surface area contributed by atoms with E-state index in [2.05, 4.69) is 5.32 Å². The van der Waals surface area contributed by atoms with Crippen LogP contribution in [0.5, 0.6) is 0 Å². The van der Waals surface area contributed by atoms with E-state index in [1.165, 1.54) is 6.07 Å². The summed E-state index contributed by atoms with van der Waals surface area (Å²) in [4.78, 5) is 13.3. The Bertz CT molecular complexity index is 1080. The average molecular weight is 450 g/mol. The lowest BCUT2D eigenvalue weighted by molar-refractivity contribution is -0.137. The number of amides is 1. The van der Waals surface area contributed by atoms with E-state index in [4.69, 9.17) is 4.74 Å². The Morgan fingerprint density at radius 1 is 1.06 bits per heavy atom. The number of ether oxygens (including phenoxy) is 1. The highest BCUT2D eigenvalue weighted by Gasteiger charge is 2.42. The largest absolute Gasteiger partial charge is 0.381 e. The Labute approximate surface area is 180 Å². The standard InChI is InChI=1S/C23H25F2NO4S/c24-20-5-4-18(13-21(20)25)17-3-1-2-16(12-17)14-23(7-9-30-10-8-23)22(27)26-19-6-11-31(28,29)15-19/h1-5,12-13,19H,6-11,14-15H2,(H,26,27). The number of carbonyl (C=O) groups excluding carboxylic acids is 1. The fraction of sp³-hybridized carbons (Fsp3) is 0.435. The molecule has 1 atom stereocenters. The first-order chi connectivity index (χ1) is 14.8. The molecule has 0 spiro atoms. The van der Waals surface area contributed by atoms with Crippen LogP contribution < -0.4 is 5.32 Å². The van der Waals surface area contributed by atoms with E-state index in [-0.39, 0.29) is 23.5 Å². The first-order valence-corrected chi connectivity index (χ1v) is 12.2. The van der Waals surface area contributed by atoms with Crippen molar-refractivity contribution in [2.75, 3.05) is 24.7 Å². The van der Waals surface area contributed by atoms with Gasteiger partial charge in [-0.1, -0.05) is 30.3 Å². The first kappa shape index (κ1) is 21.9. The summed E-state index contributed by atoms with van der Waals surface area (Å²) < 4.78 is 56.0. The first-order valence-electron chi connectivity index (χ1n) is 10.4. The molecule has 31 heavy (non-hydrogen) atoms. The van der Waals surface area contributed by atoms with E-state index in [0.717, 1.165) is 23.3 Å². The van der Waals surface area contributed by atoms with Crippen LogP contribution in [0.2, 0.25) is 0 Å². The highest BCUT2D eigenvalue weighted by atomic mass is 32.2. The SMILES string of the molecule is O=C(NC1CCS(=O)(=O)C1)C1(Cc2cccc(-c3ccc(F)c(F)c3)c2)CCOCC1. The average Bonchev–Trinajstić information content (AvgIpc) is 3.09. The second-order valence-corrected chi connectivity index (χ2v) is 10.7. The van der Waals surface area contributed by atoms with Crippen LogP contribution in [-0.2, 0) is 25.8 Å². The van der Waals surface area contributed by atoms with Gasteiger partial charge in [-0.15, -0.1) is 0 Å². The van der Waals surface area contributed by atoms with Gasteiger partial charge in [-0.2, -0.15) is 0 Å². The van der Waals surface area contributed by atoms with Crippen molar-refractivity contribution in [3.05, 3.63) is 59.7 Å². The topological polar surface area (TPSA) is 72.5 Å². The van der Waals surface area contributed by atoms with E-state index >= 15 is 0 Å². The molecule has 2 aromatic rings. The van der Waals surface area contributed by atoms with Crippen molar-refractivity contribution in [3.63, 3.8) is 0 Å². The number of hydrogen-bond acceptors (Lipinski definition) is 4. The predicted octanol–water partition coefficient (Wildman–Crippen LogP) is 3.27. The fourth-order valence-electron chi connectivity index (χ4n) is 4.42. The number of nitrogens with one attached hydrogen (secondary N) is 1. The fourth-order valence-corrected chi connectivity index (χ4v) is 6.09. The third-order valence-electron chi connectivity index (χ3n) is 6.22. The summed E-state index contributed by atoms with van der Waals surface area (Å²) in [5.74, 6) is -1.86. The van der Waals surface area contributed by atoms with Gasteiger partial charge in [0.05, 0.1) is 16.9 Å². The van der Waals surface area contributed by atoms with E-state index in [0.29, 0.717) is 44.5 Å². The maximum Gasteiger partial charge on any atom is 0.226 e. The van der Waals surface area contributed by atoms with Crippen LogP contribution in [0.25, 0.3) is 11.1 Å². The molecule has 1 unspecified atom stereocenters. The van der Waals surface area contributed by atoms with Crippen LogP contribution in [0.15, 0.2) is 42.5 Å². The molecule has 2 aliphatic heterocycles. The molecule has 2 saturated heterocycles. The van der Waals surface area contributed by atoms with Gasteiger partial charge in [-0.05, 0) is 54.5 Å². The lowest BCUT2D eigenvalue weighted by Crippen LogP contribution is -2.49. The Hall–Kier alpha value is -2.32. The van der Waals surface area contributed by atoms with Gasteiger partial charge in [0.25, 0.3) is 0 Å². The van der Waals surface area contributed by atoms with Crippen LogP contribution in [0, 0.1) is 17.0 Å². The molecular formula is C23H25F2NO4S. The zero-order valence-corrected chi connectivity index (χ0v) is 17.9. The molecule has 1 amide bonds. The van der Waals surface area contributed by atoms with Crippen LogP contribution in [0.3, 0.4) is 0 Å². The third kappa shape index (κ3) is 4.96. The smallest absolute Gasteiger partial charge is 0.226 e. The number of rotatable bonds is 5.